The van der Waals surface area contributed by atoms with Gasteiger partial charge in [0.05, 0.1) is 17.1 Å². The smallest absolute Gasteiger partial charge is 0.153 e. The fourth-order valence-corrected chi connectivity index (χ4v) is 9.48. The molecule has 0 aromatic carbocycles. The van der Waals surface area contributed by atoms with Crippen LogP contribution in [0.15, 0.2) is 23.7 Å². The van der Waals surface area contributed by atoms with Gasteiger partial charge in [0.2, 0.25) is 0 Å². The van der Waals surface area contributed by atoms with Crippen molar-refractivity contribution < 1.29 is 20.1 Å². The van der Waals surface area contributed by atoms with Crippen LogP contribution in [-0.4, -0.2) is 56.7 Å². The molecule has 0 aromatic rings. The number of hydrogen-bond acceptors (Lipinski definition) is 5. The summed E-state index contributed by atoms with van der Waals surface area (Å²) in [5, 5.41) is 33.6. The average Bonchev–Trinajstić information content (AvgIpc) is 3.29. The number of fused-ring (bicyclic) bond motifs is 1. The van der Waals surface area contributed by atoms with Crippen LogP contribution in [0.3, 0.4) is 0 Å². The Balaban J connectivity index is 1.38. The molecule has 3 N–H and O–H groups in total. The van der Waals surface area contributed by atoms with Crippen LogP contribution in [0, 0.1) is 34.5 Å². The molecule has 7 rings (SSSR count). The van der Waals surface area contributed by atoms with E-state index in [1.165, 1.54) is 12.8 Å². The van der Waals surface area contributed by atoms with E-state index in [-0.39, 0.29) is 34.7 Å². The fraction of sp³-hybridized carbons (Fsp3) is 0.818. The van der Waals surface area contributed by atoms with Gasteiger partial charge in [-0.3, -0.25) is 4.90 Å². The largest absolute Gasteiger partial charge is 0.504 e. The van der Waals surface area contributed by atoms with E-state index in [0.29, 0.717) is 29.6 Å². The second kappa shape index (κ2) is 4.27. The van der Waals surface area contributed by atoms with Gasteiger partial charge < -0.3 is 20.1 Å². The summed E-state index contributed by atoms with van der Waals surface area (Å²) >= 11 is 0. The lowest BCUT2D eigenvalue weighted by Gasteiger charge is -2.46. The molecule has 5 aliphatic carbocycles. The van der Waals surface area contributed by atoms with Gasteiger partial charge >= 0.3 is 0 Å². The highest BCUT2D eigenvalue weighted by Crippen LogP contribution is 3.01. The van der Waals surface area contributed by atoms with Gasteiger partial charge in [0.15, 0.2) is 5.76 Å². The first-order valence-electron chi connectivity index (χ1n) is 10.9. The van der Waals surface area contributed by atoms with Crippen LogP contribution in [0.1, 0.15) is 39.5 Å². The van der Waals surface area contributed by atoms with Gasteiger partial charge in [0, 0.05) is 30.0 Å². The van der Waals surface area contributed by atoms with Crippen molar-refractivity contribution in [2.75, 3.05) is 6.54 Å². The molecule has 7 aliphatic rings. The lowest BCUT2D eigenvalue weighted by Crippen LogP contribution is -2.57. The summed E-state index contributed by atoms with van der Waals surface area (Å²) in [6.07, 6.45) is 7.10. The number of rotatable bonds is 4. The first-order chi connectivity index (χ1) is 13.0. The summed E-state index contributed by atoms with van der Waals surface area (Å²) in [6, 6.07) is 0.559. The molecule has 5 heteroatoms. The Hall–Kier alpha value is -1.04. The molecule has 27 heavy (non-hydrogen) atoms. The molecule has 0 aromatic heterocycles. The molecule has 5 nitrogen and oxygen atoms in total. The third-order valence-corrected chi connectivity index (χ3v) is 9.75. The van der Waals surface area contributed by atoms with Crippen molar-refractivity contribution in [1.82, 2.24) is 4.90 Å². The predicted octanol–water partition coefficient (Wildman–Crippen LogP) is 1.96. The van der Waals surface area contributed by atoms with Crippen molar-refractivity contribution >= 4 is 0 Å². The average molecular weight is 371 g/mol. The maximum absolute atomic E-state index is 12.2. The highest BCUT2D eigenvalue weighted by atomic mass is 16.5. The molecule has 6 unspecified atom stereocenters. The maximum atomic E-state index is 12.2. The zero-order valence-corrected chi connectivity index (χ0v) is 16.0. The van der Waals surface area contributed by atoms with Crippen molar-refractivity contribution in [3.8, 4) is 0 Å². The lowest BCUT2D eigenvalue weighted by molar-refractivity contribution is -0.0843. The third-order valence-electron chi connectivity index (χ3n) is 9.75. The Kier molecular flexibility index (Phi) is 2.50. The summed E-state index contributed by atoms with van der Waals surface area (Å²) in [6.45, 7) is 5.63. The van der Waals surface area contributed by atoms with E-state index in [1.807, 2.05) is 0 Å². The summed E-state index contributed by atoms with van der Waals surface area (Å²) in [4.78, 5) is 2.63. The Labute approximate surface area is 159 Å². The van der Waals surface area contributed by atoms with Gasteiger partial charge in [-0.2, -0.15) is 0 Å². The molecule has 2 spiro atoms. The Morgan fingerprint density at radius 3 is 2.93 bits per heavy atom. The highest BCUT2D eigenvalue weighted by molar-refractivity contribution is 5.62. The molecule has 0 bridgehead atoms. The normalized spacial score (nSPS) is 61.4. The first-order valence-corrected chi connectivity index (χ1v) is 10.9. The molecule has 11 atom stereocenters. The van der Waals surface area contributed by atoms with Crippen LogP contribution >= 0.6 is 0 Å². The monoisotopic (exact) mass is 371 g/mol. The van der Waals surface area contributed by atoms with Gasteiger partial charge in [-0.1, -0.05) is 26.3 Å². The van der Waals surface area contributed by atoms with Crippen LogP contribution in [0.25, 0.3) is 0 Å². The summed E-state index contributed by atoms with van der Waals surface area (Å²) in [5.74, 6) is 2.21. The van der Waals surface area contributed by atoms with Crippen LogP contribution < -0.4 is 0 Å². The van der Waals surface area contributed by atoms with Crippen LogP contribution in [0.2, 0.25) is 0 Å². The summed E-state index contributed by atoms with van der Waals surface area (Å²) < 4.78 is 6.25. The van der Waals surface area contributed by atoms with E-state index >= 15 is 0 Å². The van der Waals surface area contributed by atoms with Crippen LogP contribution in [0.4, 0.5) is 0 Å². The molecule has 2 heterocycles. The van der Waals surface area contributed by atoms with Crippen molar-refractivity contribution in [2.24, 2.45) is 34.5 Å². The number of nitrogens with zero attached hydrogens (tertiary/aromatic N) is 1. The number of aliphatic hydroxyl groups excluding tert-OH is 2. The zero-order valence-electron chi connectivity index (χ0n) is 16.0. The van der Waals surface area contributed by atoms with Crippen molar-refractivity contribution in [2.45, 2.75) is 69.4 Å². The summed E-state index contributed by atoms with van der Waals surface area (Å²) in [7, 11) is 0. The van der Waals surface area contributed by atoms with E-state index in [1.54, 1.807) is 6.08 Å². The summed E-state index contributed by atoms with van der Waals surface area (Å²) in [5.41, 5.74) is -1.23. The van der Waals surface area contributed by atoms with Gasteiger partial charge in [-0.15, -0.1) is 0 Å². The molecule has 6 fully saturated rings. The number of likely N-dealkylation sites (tertiary alicyclic amines) is 1. The fourth-order valence-electron chi connectivity index (χ4n) is 9.48. The Morgan fingerprint density at radius 2 is 2.15 bits per heavy atom. The molecule has 2 aliphatic heterocycles. The SMILES string of the molecule is CCCC(C)CN1C2C3C[C@H](O)[C@@H]4OC5=C(O)C=CC6C[C@@H]1[C@]1(O)C32[C@]41C56. The molecule has 0 radical (unpaired) electrons. The van der Waals surface area contributed by atoms with Gasteiger partial charge in [-0.25, -0.2) is 0 Å². The Bertz CT molecular complexity index is 817. The minimum atomic E-state index is -0.752. The van der Waals surface area contributed by atoms with Crippen molar-refractivity contribution in [1.29, 1.82) is 0 Å². The van der Waals surface area contributed by atoms with E-state index in [9.17, 15) is 15.3 Å². The number of ether oxygens (including phenoxy) is 1. The number of piperidine rings is 2. The molecular weight excluding hydrogens is 342 g/mol. The third kappa shape index (κ3) is 1.22. The zero-order chi connectivity index (χ0) is 18.5. The number of aliphatic hydroxyl groups is 3. The predicted molar refractivity (Wildman–Crippen MR) is 97.5 cm³/mol. The van der Waals surface area contributed by atoms with Gasteiger partial charge in [-0.05, 0) is 43.1 Å². The number of allylic oxidation sites excluding steroid dienone is 3. The topological polar surface area (TPSA) is 73.2 Å². The maximum Gasteiger partial charge on any atom is 0.153 e. The number of hydrogen-bond donors (Lipinski definition) is 3. The molecule has 4 saturated carbocycles. The first kappa shape index (κ1) is 15.8. The lowest BCUT2D eigenvalue weighted by atomic mass is 9.62. The van der Waals surface area contributed by atoms with E-state index in [4.69, 9.17) is 4.74 Å². The molecule has 0 amide bonds. The standard InChI is InChI=1S/C22H29NO4/c1-3-4-10(2)9-23-15-7-11-5-6-13(24)17-16(11)21-19(27-17)14(25)8-12-18(23)20(12,21)22(15,21)26/h5-6,10-12,14-16,18-19,24-26H,3-4,7-9H2,1-2H3/t10?,11?,12?,14-,15+,16?,18?,19-,20?,21-,22-/m0/s1. The van der Waals surface area contributed by atoms with E-state index in [0.717, 1.165) is 19.4 Å². The van der Waals surface area contributed by atoms with E-state index < -0.39 is 11.7 Å². The van der Waals surface area contributed by atoms with Crippen LogP contribution in [0.5, 0.6) is 0 Å². The molecular formula is C22H29NO4. The second-order valence-corrected chi connectivity index (χ2v) is 10.5. The van der Waals surface area contributed by atoms with Gasteiger partial charge in [0.1, 0.15) is 11.9 Å². The quantitative estimate of drug-likeness (QED) is 0.705. The van der Waals surface area contributed by atoms with Crippen molar-refractivity contribution in [3.63, 3.8) is 0 Å². The molecule has 2 saturated heterocycles. The minimum Gasteiger partial charge on any atom is -0.504 e. The van der Waals surface area contributed by atoms with Gasteiger partial charge in [0.25, 0.3) is 0 Å². The second-order valence-electron chi connectivity index (χ2n) is 10.5. The Morgan fingerprint density at radius 1 is 1.33 bits per heavy atom. The van der Waals surface area contributed by atoms with E-state index in [2.05, 4.69) is 24.8 Å². The minimum absolute atomic E-state index is 0.0476. The molecule has 146 valence electrons. The highest BCUT2D eigenvalue weighted by Gasteiger charge is 3.12. The van der Waals surface area contributed by atoms with Crippen molar-refractivity contribution in [3.05, 3.63) is 23.7 Å². The van der Waals surface area contributed by atoms with Crippen LogP contribution in [-0.2, 0) is 4.74 Å².